The van der Waals surface area contributed by atoms with Crippen molar-refractivity contribution in [1.82, 2.24) is 0 Å². The molecule has 0 N–H and O–H groups in total. The van der Waals surface area contributed by atoms with E-state index in [1.807, 2.05) is 48.5 Å². The Labute approximate surface area is 135 Å². The van der Waals surface area contributed by atoms with Crippen LogP contribution in [0.1, 0.15) is 0 Å². The first-order valence-electron chi connectivity index (χ1n) is 6.60. The summed E-state index contributed by atoms with van der Waals surface area (Å²) in [5.74, 6) is 0. The van der Waals surface area contributed by atoms with Gasteiger partial charge in [0.25, 0.3) is 0 Å². The standard InChI is InChI=1S/C18H10BrClO/c19-15-6-2-1-4-12(15)13-5-3-7-17-18(13)14-10-11(20)8-9-16(14)21-17/h1-10H. The lowest BCUT2D eigenvalue weighted by molar-refractivity contribution is 0.669. The first-order valence-corrected chi connectivity index (χ1v) is 7.77. The molecule has 1 aromatic heterocycles. The van der Waals surface area contributed by atoms with Crippen LogP contribution in [0.25, 0.3) is 33.1 Å². The van der Waals surface area contributed by atoms with Gasteiger partial charge >= 0.3 is 0 Å². The molecule has 0 fully saturated rings. The summed E-state index contributed by atoms with van der Waals surface area (Å²) in [5.41, 5.74) is 4.01. The Balaban J connectivity index is 2.17. The van der Waals surface area contributed by atoms with Gasteiger partial charge in [0, 0.05) is 20.3 Å². The summed E-state index contributed by atoms with van der Waals surface area (Å²) >= 11 is 9.78. The van der Waals surface area contributed by atoms with Crippen LogP contribution in [0.15, 0.2) is 69.6 Å². The van der Waals surface area contributed by atoms with E-state index >= 15 is 0 Å². The van der Waals surface area contributed by atoms with Crippen LogP contribution in [-0.2, 0) is 0 Å². The second-order valence-electron chi connectivity index (χ2n) is 4.90. The lowest BCUT2D eigenvalue weighted by Gasteiger charge is -2.06. The zero-order valence-electron chi connectivity index (χ0n) is 10.9. The molecule has 21 heavy (non-hydrogen) atoms. The molecule has 0 saturated carbocycles. The second-order valence-corrected chi connectivity index (χ2v) is 6.19. The maximum Gasteiger partial charge on any atom is 0.136 e. The van der Waals surface area contributed by atoms with Gasteiger partial charge in [-0.05, 0) is 41.5 Å². The normalized spacial score (nSPS) is 11.3. The van der Waals surface area contributed by atoms with Gasteiger partial charge in [-0.25, -0.2) is 0 Å². The molecule has 0 unspecified atom stereocenters. The van der Waals surface area contributed by atoms with Crippen molar-refractivity contribution < 1.29 is 4.42 Å². The molecule has 0 aliphatic rings. The van der Waals surface area contributed by atoms with Gasteiger partial charge in [-0.3, -0.25) is 0 Å². The van der Waals surface area contributed by atoms with Crippen molar-refractivity contribution in [1.29, 1.82) is 0 Å². The molecule has 4 rings (SSSR count). The van der Waals surface area contributed by atoms with Crippen LogP contribution in [0, 0.1) is 0 Å². The fourth-order valence-corrected chi connectivity index (χ4v) is 3.37. The van der Waals surface area contributed by atoms with E-state index in [-0.39, 0.29) is 0 Å². The first kappa shape index (κ1) is 12.9. The minimum Gasteiger partial charge on any atom is -0.456 e. The molecule has 1 nitrogen and oxygen atoms in total. The van der Waals surface area contributed by atoms with Gasteiger partial charge in [0.15, 0.2) is 0 Å². The summed E-state index contributed by atoms with van der Waals surface area (Å²) in [6.07, 6.45) is 0. The molecular weight excluding hydrogens is 348 g/mol. The summed E-state index contributed by atoms with van der Waals surface area (Å²) in [4.78, 5) is 0. The van der Waals surface area contributed by atoms with Crippen LogP contribution >= 0.6 is 27.5 Å². The molecule has 1 heterocycles. The third kappa shape index (κ3) is 2.06. The summed E-state index contributed by atoms with van der Waals surface area (Å²) in [7, 11) is 0. The minimum atomic E-state index is 0.715. The molecule has 102 valence electrons. The summed E-state index contributed by atoms with van der Waals surface area (Å²) in [6.45, 7) is 0. The topological polar surface area (TPSA) is 13.1 Å². The Morgan fingerprint density at radius 1 is 0.810 bits per heavy atom. The van der Waals surface area contributed by atoms with E-state index in [2.05, 4.69) is 28.1 Å². The highest BCUT2D eigenvalue weighted by molar-refractivity contribution is 9.10. The average molecular weight is 358 g/mol. The van der Waals surface area contributed by atoms with Crippen molar-refractivity contribution in [2.75, 3.05) is 0 Å². The van der Waals surface area contributed by atoms with Crippen molar-refractivity contribution in [3.8, 4) is 11.1 Å². The molecular formula is C18H10BrClO. The highest BCUT2D eigenvalue weighted by Crippen LogP contribution is 2.39. The molecule has 0 spiro atoms. The number of benzene rings is 3. The lowest BCUT2D eigenvalue weighted by Crippen LogP contribution is -1.81. The molecule has 3 aromatic carbocycles. The maximum absolute atomic E-state index is 6.15. The number of hydrogen-bond acceptors (Lipinski definition) is 1. The largest absolute Gasteiger partial charge is 0.456 e. The Morgan fingerprint density at radius 2 is 1.62 bits per heavy atom. The van der Waals surface area contributed by atoms with Crippen molar-refractivity contribution >= 4 is 49.5 Å². The van der Waals surface area contributed by atoms with Gasteiger partial charge < -0.3 is 4.42 Å². The van der Waals surface area contributed by atoms with E-state index in [0.29, 0.717) is 5.02 Å². The maximum atomic E-state index is 6.15. The second kappa shape index (κ2) is 4.90. The monoisotopic (exact) mass is 356 g/mol. The smallest absolute Gasteiger partial charge is 0.136 e. The molecule has 0 saturated heterocycles. The first-order chi connectivity index (χ1) is 10.2. The summed E-state index contributed by atoms with van der Waals surface area (Å²) < 4.78 is 7.00. The number of hydrogen-bond donors (Lipinski definition) is 0. The van der Waals surface area contributed by atoms with E-state index < -0.39 is 0 Å². The summed E-state index contributed by atoms with van der Waals surface area (Å²) in [6, 6.07) is 20.0. The van der Waals surface area contributed by atoms with Crippen molar-refractivity contribution in [3.63, 3.8) is 0 Å². The third-order valence-electron chi connectivity index (χ3n) is 3.62. The lowest BCUT2D eigenvalue weighted by atomic mass is 9.99. The quantitative estimate of drug-likeness (QED) is 0.371. The number of fused-ring (bicyclic) bond motifs is 3. The SMILES string of the molecule is Clc1ccc2oc3cccc(-c4ccccc4Br)c3c2c1. The molecule has 4 aromatic rings. The number of halogens is 2. The number of furan rings is 1. The molecule has 0 aliphatic carbocycles. The fourth-order valence-electron chi connectivity index (χ4n) is 2.70. The van der Waals surface area contributed by atoms with Crippen LogP contribution in [-0.4, -0.2) is 0 Å². The van der Waals surface area contributed by atoms with E-state index in [1.165, 1.54) is 0 Å². The van der Waals surface area contributed by atoms with E-state index in [4.69, 9.17) is 16.0 Å². The fraction of sp³-hybridized carbons (Fsp3) is 0. The van der Waals surface area contributed by atoms with Crippen molar-refractivity contribution in [2.24, 2.45) is 0 Å². The molecule has 0 radical (unpaired) electrons. The van der Waals surface area contributed by atoms with E-state index in [0.717, 1.165) is 37.5 Å². The van der Waals surface area contributed by atoms with Crippen molar-refractivity contribution in [3.05, 3.63) is 70.2 Å². The van der Waals surface area contributed by atoms with Crippen LogP contribution < -0.4 is 0 Å². The van der Waals surface area contributed by atoms with Crippen LogP contribution in [0.2, 0.25) is 5.02 Å². The number of rotatable bonds is 1. The molecule has 0 atom stereocenters. The van der Waals surface area contributed by atoms with Crippen molar-refractivity contribution in [2.45, 2.75) is 0 Å². The minimum absolute atomic E-state index is 0.715. The van der Waals surface area contributed by atoms with Gasteiger partial charge in [-0.1, -0.05) is 57.9 Å². The zero-order valence-corrected chi connectivity index (χ0v) is 13.3. The Morgan fingerprint density at radius 3 is 2.48 bits per heavy atom. The van der Waals surface area contributed by atoms with Crippen LogP contribution in [0.3, 0.4) is 0 Å². The Hall–Kier alpha value is -1.77. The predicted molar refractivity (Wildman–Crippen MR) is 91.9 cm³/mol. The predicted octanol–water partition coefficient (Wildman–Crippen LogP) is 6.67. The molecule has 0 amide bonds. The third-order valence-corrected chi connectivity index (χ3v) is 4.55. The highest BCUT2D eigenvalue weighted by Gasteiger charge is 2.13. The zero-order chi connectivity index (χ0) is 14.4. The van der Waals surface area contributed by atoms with Gasteiger partial charge in [0.2, 0.25) is 0 Å². The molecule has 3 heteroatoms. The molecule has 0 aliphatic heterocycles. The Kier molecular flexibility index (Phi) is 3.02. The van der Waals surface area contributed by atoms with E-state index in [9.17, 15) is 0 Å². The van der Waals surface area contributed by atoms with Gasteiger partial charge in [-0.15, -0.1) is 0 Å². The Bertz CT molecular complexity index is 971. The van der Waals surface area contributed by atoms with Gasteiger partial charge in [-0.2, -0.15) is 0 Å². The van der Waals surface area contributed by atoms with Crippen LogP contribution in [0.5, 0.6) is 0 Å². The highest BCUT2D eigenvalue weighted by atomic mass is 79.9. The van der Waals surface area contributed by atoms with Gasteiger partial charge in [0.05, 0.1) is 0 Å². The molecule has 0 bridgehead atoms. The van der Waals surface area contributed by atoms with Gasteiger partial charge in [0.1, 0.15) is 11.2 Å². The van der Waals surface area contributed by atoms with E-state index in [1.54, 1.807) is 0 Å². The van der Waals surface area contributed by atoms with Crippen LogP contribution in [0.4, 0.5) is 0 Å². The average Bonchev–Trinajstić information content (AvgIpc) is 2.86. The summed E-state index contributed by atoms with van der Waals surface area (Å²) in [5, 5.41) is 2.86.